The lowest BCUT2D eigenvalue weighted by atomic mass is 9.33. The number of aromatic nitrogens is 3. The molecule has 76 heavy (non-hydrogen) atoms. The van der Waals surface area contributed by atoms with E-state index < -0.39 is 0 Å². The number of para-hydroxylation sites is 6. The van der Waals surface area contributed by atoms with Gasteiger partial charge < -0.3 is 14.4 Å². The third-order valence-electron chi connectivity index (χ3n) is 15.4. The van der Waals surface area contributed by atoms with Crippen LogP contribution in [0.3, 0.4) is 0 Å². The van der Waals surface area contributed by atoms with E-state index in [0.717, 1.165) is 78.4 Å². The molecule has 11 aromatic carbocycles. The minimum Gasteiger partial charge on any atom is -0.311 e. The van der Waals surface area contributed by atoms with Crippen LogP contribution in [0.4, 0.5) is 34.1 Å². The van der Waals surface area contributed by atoms with Crippen molar-refractivity contribution in [3.8, 4) is 61.8 Å². The summed E-state index contributed by atoms with van der Waals surface area (Å²) in [5, 5.41) is 2.43. The van der Waals surface area contributed by atoms with Crippen molar-refractivity contribution in [1.29, 1.82) is 0 Å². The molecule has 2 aliphatic rings. The van der Waals surface area contributed by atoms with Gasteiger partial charge in [0.05, 0.1) is 33.8 Å². The predicted octanol–water partition coefficient (Wildman–Crippen LogP) is 16.0. The van der Waals surface area contributed by atoms with Gasteiger partial charge in [-0.15, -0.1) is 0 Å². The molecule has 354 valence electrons. The van der Waals surface area contributed by atoms with E-state index >= 15 is 0 Å². The summed E-state index contributed by atoms with van der Waals surface area (Å²) in [7, 11) is 0. The fourth-order valence-corrected chi connectivity index (χ4v) is 12.1. The van der Waals surface area contributed by atoms with Gasteiger partial charge in [-0.25, -0.2) is 9.97 Å². The molecule has 0 radical (unpaired) electrons. The third kappa shape index (κ3) is 7.03. The zero-order valence-electron chi connectivity index (χ0n) is 41.4. The fourth-order valence-electron chi connectivity index (χ4n) is 12.1. The van der Waals surface area contributed by atoms with Crippen molar-refractivity contribution in [3.63, 3.8) is 0 Å². The molecule has 0 N–H and O–H groups in total. The Balaban J connectivity index is 0.949. The van der Waals surface area contributed by atoms with Gasteiger partial charge >= 0.3 is 0 Å². The second-order valence-electron chi connectivity index (χ2n) is 19.7. The van der Waals surface area contributed by atoms with E-state index in [9.17, 15) is 0 Å². The van der Waals surface area contributed by atoms with Crippen LogP contribution in [0.5, 0.6) is 0 Å². The highest BCUT2D eigenvalue weighted by Crippen LogP contribution is 2.48. The maximum absolute atomic E-state index is 5.31. The fraction of sp³-hybridized carbons (Fsp3) is 0. The average molecular weight is 968 g/mol. The molecule has 0 spiro atoms. The van der Waals surface area contributed by atoms with Crippen LogP contribution in [0.2, 0.25) is 0 Å². The normalized spacial score (nSPS) is 12.4. The van der Waals surface area contributed by atoms with Crippen LogP contribution in [-0.2, 0) is 0 Å². The van der Waals surface area contributed by atoms with Gasteiger partial charge in [-0.1, -0.05) is 200 Å². The number of fused-ring (bicyclic) bond motifs is 7. The van der Waals surface area contributed by atoms with E-state index in [1.54, 1.807) is 0 Å². The van der Waals surface area contributed by atoms with Gasteiger partial charge in [0.2, 0.25) is 0 Å². The zero-order chi connectivity index (χ0) is 50.1. The topological polar surface area (TPSA) is 37.2 Å². The summed E-state index contributed by atoms with van der Waals surface area (Å²) in [6.45, 7) is 0.0121. The van der Waals surface area contributed by atoms with Crippen LogP contribution in [0, 0.1) is 0 Å². The summed E-state index contributed by atoms with van der Waals surface area (Å²) in [6, 6.07) is 101. The van der Waals surface area contributed by atoms with Crippen molar-refractivity contribution in [3.05, 3.63) is 279 Å². The van der Waals surface area contributed by atoms with Gasteiger partial charge in [0.15, 0.2) is 5.82 Å². The molecule has 0 fully saturated rings. The maximum Gasteiger partial charge on any atom is 0.252 e. The monoisotopic (exact) mass is 967 g/mol. The summed E-state index contributed by atoms with van der Waals surface area (Å²) < 4.78 is 2.42. The molecule has 0 saturated carbocycles. The molecule has 0 saturated heterocycles. The highest BCUT2D eigenvalue weighted by Gasteiger charge is 2.44. The first-order valence-electron chi connectivity index (χ1n) is 26.0. The minimum atomic E-state index is 0.0121. The second-order valence-corrected chi connectivity index (χ2v) is 19.7. The van der Waals surface area contributed by atoms with Crippen LogP contribution in [0.15, 0.2) is 279 Å². The van der Waals surface area contributed by atoms with Gasteiger partial charge in [-0.2, -0.15) is 0 Å². The Morgan fingerprint density at radius 3 is 1.33 bits per heavy atom. The van der Waals surface area contributed by atoms with Crippen LogP contribution >= 0.6 is 0 Å². The lowest BCUT2D eigenvalue weighted by Crippen LogP contribution is -2.61. The maximum atomic E-state index is 5.31. The van der Waals surface area contributed by atoms with E-state index in [1.165, 1.54) is 49.9 Å². The smallest absolute Gasteiger partial charge is 0.252 e. The molecule has 0 atom stereocenters. The molecule has 0 bridgehead atoms. The van der Waals surface area contributed by atoms with Crippen molar-refractivity contribution < 1.29 is 0 Å². The number of hydrogen-bond acceptors (Lipinski definition) is 4. The summed E-state index contributed by atoms with van der Waals surface area (Å²) in [5.41, 5.74) is 23.5. The van der Waals surface area contributed by atoms with E-state index in [-0.39, 0.29) is 6.71 Å². The van der Waals surface area contributed by atoms with Crippen LogP contribution in [0.1, 0.15) is 0 Å². The second kappa shape index (κ2) is 17.9. The first-order valence-corrected chi connectivity index (χ1v) is 26.0. The van der Waals surface area contributed by atoms with Gasteiger partial charge in [-0.3, -0.25) is 0 Å². The van der Waals surface area contributed by atoms with Gasteiger partial charge in [-0.05, 0) is 106 Å². The van der Waals surface area contributed by atoms with E-state index in [1.807, 2.05) is 12.1 Å². The molecular formula is C70H46BN5. The Morgan fingerprint density at radius 2 is 0.750 bits per heavy atom. The van der Waals surface area contributed by atoms with E-state index in [2.05, 4.69) is 281 Å². The molecule has 5 nitrogen and oxygen atoms in total. The largest absolute Gasteiger partial charge is 0.311 e. The number of nitrogens with zero attached hydrogens (tertiary/aromatic N) is 5. The number of rotatable bonds is 8. The molecule has 4 heterocycles. The Labute approximate surface area is 442 Å². The predicted molar refractivity (Wildman–Crippen MR) is 318 cm³/mol. The van der Waals surface area contributed by atoms with Gasteiger partial charge in [0.25, 0.3) is 6.71 Å². The van der Waals surface area contributed by atoms with E-state index in [0.29, 0.717) is 5.82 Å². The Bertz CT molecular complexity index is 4230. The summed E-state index contributed by atoms with van der Waals surface area (Å²) >= 11 is 0. The standard InChI is InChI=1S/C70H46BN5/c1-5-21-49(22-6-1)60-46-61(50-23-7-2-8-24-50)73-70(72-60)51-41-43-64(76-62-33-17-13-29-55(62)56-30-14-18-34-63(56)76)57(45-51)48-39-37-47(38-40-48)54-42-44-67-68-69(54)75(53-27-11-4-12-28-53)66-36-20-16-32-59(66)71(68)58-31-15-19-35-65(58)74(67)52-25-9-3-10-26-52/h1-46H. The summed E-state index contributed by atoms with van der Waals surface area (Å²) in [6.07, 6.45) is 0. The molecule has 15 rings (SSSR count). The van der Waals surface area contributed by atoms with Crippen molar-refractivity contribution in [2.75, 3.05) is 9.80 Å². The van der Waals surface area contributed by atoms with Crippen LogP contribution in [0.25, 0.3) is 83.6 Å². The van der Waals surface area contributed by atoms with Crippen molar-refractivity contribution in [1.82, 2.24) is 14.5 Å². The van der Waals surface area contributed by atoms with Crippen molar-refractivity contribution >= 4 is 79.0 Å². The molecule has 0 aliphatic carbocycles. The summed E-state index contributed by atoms with van der Waals surface area (Å²) in [4.78, 5) is 15.6. The zero-order valence-corrected chi connectivity index (χ0v) is 41.4. The van der Waals surface area contributed by atoms with Crippen molar-refractivity contribution in [2.45, 2.75) is 0 Å². The highest BCUT2D eigenvalue weighted by atomic mass is 15.2. The lowest BCUT2D eigenvalue weighted by Gasteiger charge is -2.45. The quantitative estimate of drug-likeness (QED) is 0.142. The van der Waals surface area contributed by atoms with Gasteiger partial charge in [0.1, 0.15) is 0 Å². The number of hydrogen-bond donors (Lipinski definition) is 0. The first-order chi connectivity index (χ1) is 37.7. The van der Waals surface area contributed by atoms with Crippen molar-refractivity contribution in [2.24, 2.45) is 0 Å². The lowest BCUT2D eigenvalue weighted by molar-refractivity contribution is 1.16. The first kappa shape index (κ1) is 43.5. The Hall–Kier alpha value is -10.0. The SMILES string of the molecule is c1ccc(-c2cc(-c3ccccc3)nc(-c3ccc(-n4c5ccccc5c5ccccc54)c(-c4ccc(-c5ccc6c7c5N(c5ccccc5)c5ccccc5B7c5ccccc5N6c5ccccc5)cc4)c3)n2)cc1. The Kier molecular flexibility index (Phi) is 10.2. The van der Waals surface area contributed by atoms with Gasteiger partial charge in [0, 0.05) is 67.0 Å². The molecule has 0 unspecified atom stereocenters. The average Bonchev–Trinajstić information content (AvgIpc) is 3.88. The molecule has 0 amide bonds. The number of benzene rings is 11. The molecular weight excluding hydrogens is 922 g/mol. The molecule has 13 aromatic rings. The van der Waals surface area contributed by atoms with E-state index in [4.69, 9.17) is 9.97 Å². The van der Waals surface area contributed by atoms with Crippen LogP contribution < -0.4 is 26.2 Å². The third-order valence-corrected chi connectivity index (χ3v) is 15.4. The highest BCUT2D eigenvalue weighted by molar-refractivity contribution is 7.00. The number of anilines is 6. The Morgan fingerprint density at radius 1 is 0.303 bits per heavy atom. The molecule has 6 heteroatoms. The molecule has 2 aromatic heterocycles. The minimum absolute atomic E-state index is 0.0121. The summed E-state index contributed by atoms with van der Waals surface area (Å²) in [5.74, 6) is 0.668. The van der Waals surface area contributed by atoms with Crippen LogP contribution in [-0.4, -0.2) is 21.2 Å². The molecule has 2 aliphatic heterocycles.